The van der Waals surface area contributed by atoms with Crippen molar-refractivity contribution in [2.24, 2.45) is 0 Å². The molecule has 0 N–H and O–H groups in total. The fraction of sp³-hybridized carbons (Fsp3) is 0.600. The minimum atomic E-state index is 0.782. The van der Waals surface area contributed by atoms with E-state index in [0.29, 0.717) is 0 Å². The summed E-state index contributed by atoms with van der Waals surface area (Å²) in [5.41, 5.74) is 0. The molecule has 1 aromatic rings. The standard InChI is InChI=1S/C10H16O2S/c1-3-5-11-9-7-10(13-8-9)12-6-4-2/h7-8H,3-6H2,1-2H3. The van der Waals surface area contributed by atoms with Gasteiger partial charge < -0.3 is 9.47 Å². The number of hydrogen-bond acceptors (Lipinski definition) is 3. The summed E-state index contributed by atoms with van der Waals surface area (Å²) >= 11 is 1.59. The lowest BCUT2D eigenvalue weighted by molar-refractivity contribution is 0.310. The molecule has 0 aliphatic rings. The fourth-order valence-corrected chi connectivity index (χ4v) is 1.58. The molecule has 0 amide bonds. The van der Waals surface area contributed by atoms with Gasteiger partial charge in [0.2, 0.25) is 0 Å². The van der Waals surface area contributed by atoms with Gasteiger partial charge in [-0.25, -0.2) is 0 Å². The average molecular weight is 200 g/mol. The number of rotatable bonds is 6. The molecular weight excluding hydrogens is 184 g/mol. The summed E-state index contributed by atoms with van der Waals surface area (Å²) < 4.78 is 10.9. The highest BCUT2D eigenvalue weighted by atomic mass is 32.1. The summed E-state index contributed by atoms with van der Waals surface area (Å²) in [4.78, 5) is 0. The Bertz CT molecular complexity index is 210. The fourth-order valence-electron chi connectivity index (χ4n) is 0.874. The van der Waals surface area contributed by atoms with Gasteiger partial charge in [0.25, 0.3) is 0 Å². The van der Waals surface area contributed by atoms with Crippen molar-refractivity contribution >= 4 is 11.3 Å². The third-order valence-corrected chi connectivity index (χ3v) is 2.29. The first-order chi connectivity index (χ1) is 6.36. The SMILES string of the molecule is CCCOc1csc(OCCC)c1. The van der Waals surface area contributed by atoms with Crippen molar-refractivity contribution in [3.8, 4) is 10.8 Å². The molecule has 0 aromatic carbocycles. The van der Waals surface area contributed by atoms with Crippen LogP contribution >= 0.6 is 11.3 Å². The van der Waals surface area contributed by atoms with Crippen molar-refractivity contribution in [2.75, 3.05) is 13.2 Å². The molecule has 0 bridgehead atoms. The molecule has 3 heteroatoms. The molecule has 0 aliphatic carbocycles. The van der Waals surface area contributed by atoms with E-state index in [9.17, 15) is 0 Å². The topological polar surface area (TPSA) is 18.5 Å². The maximum atomic E-state index is 5.45. The van der Waals surface area contributed by atoms with Crippen molar-refractivity contribution in [1.82, 2.24) is 0 Å². The zero-order valence-corrected chi connectivity index (χ0v) is 9.02. The molecule has 74 valence electrons. The molecule has 0 unspecified atom stereocenters. The van der Waals surface area contributed by atoms with Gasteiger partial charge >= 0.3 is 0 Å². The van der Waals surface area contributed by atoms with E-state index in [2.05, 4.69) is 13.8 Å². The monoisotopic (exact) mass is 200 g/mol. The van der Waals surface area contributed by atoms with Crippen LogP contribution in [0.2, 0.25) is 0 Å². The Morgan fingerprint density at radius 3 is 2.54 bits per heavy atom. The molecule has 0 saturated heterocycles. The van der Waals surface area contributed by atoms with Gasteiger partial charge in [-0.3, -0.25) is 0 Å². The highest BCUT2D eigenvalue weighted by molar-refractivity contribution is 7.12. The highest BCUT2D eigenvalue weighted by Gasteiger charge is 2.00. The van der Waals surface area contributed by atoms with Crippen LogP contribution in [0.15, 0.2) is 11.4 Å². The summed E-state index contributed by atoms with van der Waals surface area (Å²) in [7, 11) is 0. The van der Waals surface area contributed by atoms with Crippen LogP contribution < -0.4 is 9.47 Å². The summed E-state index contributed by atoms with van der Waals surface area (Å²) in [5.74, 6) is 0.929. The maximum Gasteiger partial charge on any atom is 0.177 e. The third kappa shape index (κ3) is 3.68. The van der Waals surface area contributed by atoms with Crippen molar-refractivity contribution in [2.45, 2.75) is 26.7 Å². The molecule has 2 nitrogen and oxygen atoms in total. The molecule has 0 aliphatic heterocycles. The van der Waals surface area contributed by atoms with Gasteiger partial charge in [-0.15, -0.1) is 11.3 Å². The van der Waals surface area contributed by atoms with Crippen molar-refractivity contribution in [3.05, 3.63) is 11.4 Å². The minimum absolute atomic E-state index is 0.782. The van der Waals surface area contributed by atoms with E-state index in [1.807, 2.05) is 11.4 Å². The lowest BCUT2D eigenvalue weighted by atomic mass is 10.5. The lowest BCUT2D eigenvalue weighted by Crippen LogP contribution is -1.94. The second kappa shape index (κ2) is 5.86. The maximum absolute atomic E-state index is 5.45. The van der Waals surface area contributed by atoms with Crippen LogP contribution in [0.25, 0.3) is 0 Å². The van der Waals surface area contributed by atoms with Crippen LogP contribution in [0.5, 0.6) is 10.8 Å². The van der Waals surface area contributed by atoms with E-state index in [0.717, 1.165) is 36.9 Å². The Morgan fingerprint density at radius 1 is 1.15 bits per heavy atom. The lowest BCUT2D eigenvalue weighted by Gasteiger charge is -2.00. The first-order valence-corrected chi connectivity index (χ1v) is 5.59. The average Bonchev–Trinajstić information content (AvgIpc) is 2.59. The highest BCUT2D eigenvalue weighted by Crippen LogP contribution is 2.28. The van der Waals surface area contributed by atoms with Crippen LogP contribution in [-0.2, 0) is 0 Å². The summed E-state index contributed by atoms with van der Waals surface area (Å²) in [6.45, 7) is 5.76. The second-order valence-electron chi connectivity index (χ2n) is 2.80. The van der Waals surface area contributed by atoms with Crippen LogP contribution in [0.1, 0.15) is 26.7 Å². The van der Waals surface area contributed by atoms with Gasteiger partial charge in [0, 0.05) is 11.4 Å². The predicted molar refractivity (Wildman–Crippen MR) is 55.9 cm³/mol. The van der Waals surface area contributed by atoms with E-state index in [1.165, 1.54) is 0 Å². The van der Waals surface area contributed by atoms with Gasteiger partial charge in [-0.1, -0.05) is 13.8 Å². The summed E-state index contributed by atoms with van der Waals surface area (Å²) in [6, 6.07) is 1.95. The van der Waals surface area contributed by atoms with Gasteiger partial charge in [-0.2, -0.15) is 0 Å². The normalized spacial score (nSPS) is 10.0. The predicted octanol–water partition coefficient (Wildman–Crippen LogP) is 3.33. The Balaban J connectivity index is 2.34. The van der Waals surface area contributed by atoms with E-state index >= 15 is 0 Å². The third-order valence-electron chi connectivity index (χ3n) is 1.47. The van der Waals surface area contributed by atoms with E-state index < -0.39 is 0 Å². The van der Waals surface area contributed by atoms with E-state index in [-0.39, 0.29) is 0 Å². The van der Waals surface area contributed by atoms with Gasteiger partial charge in [0.15, 0.2) is 5.06 Å². The quantitative estimate of drug-likeness (QED) is 0.701. The Labute approximate surface area is 83.5 Å². The number of hydrogen-bond donors (Lipinski definition) is 0. The van der Waals surface area contributed by atoms with Crippen molar-refractivity contribution in [3.63, 3.8) is 0 Å². The van der Waals surface area contributed by atoms with Gasteiger partial charge in [0.1, 0.15) is 5.75 Å². The Morgan fingerprint density at radius 2 is 1.85 bits per heavy atom. The van der Waals surface area contributed by atoms with E-state index in [1.54, 1.807) is 11.3 Å². The molecule has 0 saturated carbocycles. The Hall–Kier alpha value is -0.700. The minimum Gasteiger partial charge on any atom is -0.493 e. The molecule has 0 atom stereocenters. The molecule has 0 spiro atoms. The molecule has 0 fully saturated rings. The van der Waals surface area contributed by atoms with Gasteiger partial charge in [0.05, 0.1) is 13.2 Å². The van der Waals surface area contributed by atoms with Crippen LogP contribution in [0.4, 0.5) is 0 Å². The summed E-state index contributed by atoms with van der Waals surface area (Å²) in [5, 5.41) is 2.94. The molecule has 1 heterocycles. The van der Waals surface area contributed by atoms with E-state index in [4.69, 9.17) is 9.47 Å². The molecule has 13 heavy (non-hydrogen) atoms. The van der Waals surface area contributed by atoms with Gasteiger partial charge in [-0.05, 0) is 12.8 Å². The van der Waals surface area contributed by atoms with Crippen LogP contribution in [0, 0.1) is 0 Å². The molecule has 1 aromatic heterocycles. The number of thiophene rings is 1. The Kier molecular flexibility index (Phi) is 4.68. The summed E-state index contributed by atoms with van der Waals surface area (Å²) in [6.07, 6.45) is 2.09. The van der Waals surface area contributed by atoms with Crippen LogP contribution in [0.3, 0.4) is 0 Å². The molecular formula is C10H16O2S. The smallest absolute Gasteiger partial charge is 0.177 e. The molecule has 1 rings (SSSR count). The zero-order valence-electron chi connectivity index (χ0n) is 8.21. The molecule has 0 radical (unpaired) electrons. The second-order valence-corrected chi connectivity index (χ2v) is 3.67. The number of ether oxygens (including phenoxy) is 2. The van der Waals surface area contributed by atoms with Crippen molar-refractivity contribution in [1.29, 1.82) is 0 Å². The van der Waals surface area contributed by atoms with Crippen LogP contribution in [-0.4, -0.2) is 13.2 Å². The zero-order chi connectivity index (χ0) is 9.52. The first kappa shape index (κ1) is 10.4. The largest absolute Gasteiger partial charge is 0.493 e. The first-order valence-electron chi connectivity index (χ1n) is 4.71. The van der Waals surface area contributed by atoms with Crippen molar-refractivity contribution < 1.29 is 9.47 Å².